The predicted octanol–water partition coefficient (Wildman–Crippen LogP) is 2.98. The highest BCUT2D eigenvalue weighted by molar-refractivity contribution is 6.30. The zero-order valence-electron chi connectivity index (χ0n) is 15.8. The number of benzene rings is 2. The van der Waals surface area contributed by atoms with Gasteiger partial charge in [0.05, 0.1) is 5.02 Å². The Hall–Kier alpha value is -2.87. The summed E-state index contributed by atoms with van der Waals surface area (Å²) in [6.45, 7) is -0.411. The van der Waals surface area contributed by atoms with Gasteiger partial charge >= 0.3 is 0 Å². The molecule has 0 heterocycles. The predicted molar refractivity (Wildman–Crippen MR) is 104 cm³/mol. The van der Waals surface area contributed by atoms with Crippen LogP contribution in [0.1, 0.15) is 19.3 Å². The SMILES string of the molecule is O=C(COc1ccc(F)cc1)NC12CC(NC(=O)COc3ccc(Cl)c(F)c3)(C1)C2. The molecule has 2 aromatic rings. The molecule has 2 bridgehead atoms. The molecule has 0 radical (unpaired) electrons. The fraction of sp³-hybridized carbons (Fsp3) is 0.333. The van der Waals surface area contributed by atoms with E-state index in [1.165, 1.54) is 36.4 Å². The van der Waals surface area contributed by atoms with Gasteiger partial charge in [0.1, 0.15) is 23.1 Å². The second-order valence-electron chi connectivity index (χ2n) is 7.79. The third-order valence-electron chi connectivity index (χ3n) is 5.28. The van der Waals surface area contributed by atoms with Crippen molar-refractivity contribution in [2.45, 2.75) is 30.3 Å². The molecule has 3 aliphatic carbocycles. The zero-order valence-corrected chi connectivity index (χ0v) is 16.6. The first-order chi connectivity index (χ1) is 14.3. The lowest BCUT2D eigenvalue weighted by atomic mass is 9.44. The maximum absolute atomic E-state index is 13.4. The minimum atomic E-state index is -0.616. The van der Waals surface area contributed by atoms with Crippen LogP contribution in [0.5, 0.6) is 11.5 Å². The van der Waals surface area contributed by atoms with Crippen molar-refractivity contribution in [3.05, 3.63) is 59.1 Å². The zero-order chi connectivity index (χ0) is 21.4. The normalized spacial score (nSPS) is 23.6. The Morgan fingerprint density at radius 3 is 1.90 bits per heavy atom. The molecule has 3 saturated carbocycles. The molecule has 0 saturated heterocycles. The van der Waals surface area contributed by atoms with E-state index in [0.29, 0.717) is 25.0 Å². The topological polar surface area (TPSA) is 76.7 Å². The van der Waals surface area contributed by atoms with Gasteiger partial charge in [-0.25, -0.2) is 8.78 Å². The van der Waals surface area contributed by atoms with Crippen LogP contribution in [0.25, 0.3) is 0 Å². The highest BCUT2D eigenvalue weighted by atomic mass is 35.5. The standard InChI is InChI=1S/C21H19ClF2N2O4/c22-16-6-5-15(7-17(16)24)30-9-19(28)26-21-10-20(11-21,12-21)25-18(27)8-29-14-3-1-13(23)2-4-14/h1-7H,8-12H2,(H,25,27)(H,26,28). The van der Waals surface area contributed by atoms with Crippen molar-refractivity contribution >= 4 is 23.4 Å². The monoisotopic (exact) mass is 436 g/mol. The average Bonchev–Trinajstić information content (AvgIpc) is 2.66. The molecular weight excluding hydrogens is 418 g/mol. The lowest BCUT2D eigenvalue weighted by Crippen LogP contribution is -2.84. The number of carbonyl (C=O) groups is 2. The van der Waals surface area contributed by atoms with Crippen molar-refractivity contribution in [2.24, 2.45) is 0 Å². The Kier molecular flexibility index (Phi) is 5.27. The van der Waals surface area contributed by atoms with Gasteiger partial charge in [-0.15, -0.1) is 0 Å². The molecule has 30 heavy (non-hydrogen) atoms. The number of rotatable bonds is 8. The van der Waals surface area contributed by atoms with Gasteiger partial charge < -0.3 is 20.1 Å². The van der Waals surface area contributed by atoms with E-state index in [-0.39, 0.29) is 52.7 Å². The quantitative estimate of drug-likeness (QED) is 0.667. The molecule has 0 aliphatic heterocycles. The first-order valence-electron chi connectivity index (χ1n) is 9.35. The number of amides is 2. The van der Waals surface area contributed by atoms with Crippen molar-refractivity contribution < 1.29 is 27.8 Å². The van der Waals surface area contributed by atoms with E-state index < -0.39 is 5.82 Å². The first-order valence-corrected chi connectivity index (χ1v) is 9.73. The molecule has 3 fully saturated rings. The van der Waals surface area contributed by atoms with Crippen LogP contribution < -0.4 is 20.1 Å². The van der Waals surface area contributed by atoms with Gasteiger partial charge in [0.25, 0.3) is 11.8 Å². The van der Waals surface area contributed by atoms with Gasteiger partial charge in [0, 0.05) is 17.1 Å². The number of ether oxygens (including phenoxy) is 2. The molecule has 6 nitrogen and oxygen atoms in total. The van der Waals surface area contributed by atoms with Crippen molar-refractivity contribution in [3.8, 4) is 11.5 Å². The average molecular weight is 437 g/mol. The van der Waals surface area contributed by atoms with Crippen LogP contribution in [0.3, 0.4) is 0 Å². The molecule has 0 aromatic heterocycles. The summed E-state index contributed by atoms with van der Waals surface area (Å²) in [5.74, 6) is -0.950. The molecule has 0 spiro atoms. The van der Waals surface area contributed by atoms with Gasteiger partial charge in [-0.3, -0.25) is 9.59 Å². The van der Waals surface area contributed by atoms with E-state index in [2.05, 4.69) is 10.6 Å². The summed E-state index contributed by atoms with van der Waals surface area (Å²) in [4.78, 5) is 24.2. The van der Waals surface area contributed by atoms with Gasteiger partial charge in [-0.2, -0.15) is 0 Å². The summed E-state index contributed by atoms with van der Waals surface area (Å²) in [6, 6.07) is 9.39. The Bertz CT molecular complexity index is 964. The highest BCUT2D eigenvalue weighted by Gasteiger charge is 2.69. The van der Waals surface area contributed by atoms with Crippen LogP contribution >= 0.6 is 11.6 Å². The maximum Gasteiger partial charge on any atom is 0.258 e. The fourth-order valence-electron chi connectivity index (χ4n) is 4.11. The summed E-state index contributed by atoms with van der Waals surface area (Å²) >= 11 is 5.61. The van der Waals surface area contributed by atoms with Crippen LogP contribution in [0.15, 0.2) is 42.5 Å². The number of carbonyl (C=O) groups excluding carboxylic acids is 2. The minimum Gasteiger partial charge on any atom is -0.484 e. The molecule has 0 atom stereocenters. The van der Waals surface area contributed by atoms with E-state index in [9.17, 15) is 18.4 Å². The van der Waals surface area contributed by atoms with Crippen LogP contribution in [0, 0.1) is 11.6 Å². The first kappa shape index (κ1) is 20.4. The van der Waals surface area contributed by atoms with Gasteiger partial charge in [0.15, 0.2) is 13.2 Å². The third-order valence-corrected chi connectivity index (χ3v) is 5.59. The molecule has 9 heteroatoms. The van der Waals surface area contributed by atoms with E-state index >= 15 is 0 Å². The molecular formula is C21H19ClF2N2O4. The van der Waals surface area contributed by atoms with Crippen molar-refractivity contribution in [1.29, 1.82) is 0 Å². The second-order valence-corrected chi connectivity index (χ2v) is 8.20. The lowest BCUT2D eigenvalue weighted by Gasteiger charge is -2.70. The summed E-state index contributed by atoms with van der Waals surface area (Å²) in [5, 5.41) is 5.83. The number of hydrogen-bond donors (Lipinski definition) is 2. The van der Waals surface area contributed by atoms with Crippen LogP contribution in [-0.4, -0.2) is 36.1 Å². The van der Waals surface area contributed by atoms with Gasteiger partial charge in [-0.05, 0) is 55.7 Å². The Labute approximate surface area is 176 Å². The summed E-state index contributed by atoms with van der Waals surface area (Å²) < 4.78 is 36.9. The van der Waals surface area contributed by atoms with E-state index in [1.54, 1.807) is 0 Å². The number of nitrogens with one attached hydrogen (secondary N) is 2. The Morgan fingerprint density at radius 2 is 1.37 bits per heavy atom. The summed E-state index contributed by atoms with van der Waals surface area (Å²) in [7, 11) is 0. The summed E-state index contributed by atoms with van der Waals surface area (Å²) in [5.41, 5.74) is -0.659. The lowest BCUT2D eigenvalue weighted by molar-refractivity contribution is -0.151. The molecule has 5 rings (SSSR count). The Balaban J connectivity index is 1.17. The molecule has 2 N–H and O–H groups in total. The molecule has 158 valence electrons. The van der Waals surface area contributed by atoms with Crippen molar-refractivity contribution in [1.82, 2.24) is 10.6 Å². The maximum atomic E-state index is 13.4. The van der Waals surface area contributed by atoms with E-state index in [1.807, 2.05) is 0 Å². The van der Waals surface area contributed by atoms with Crippen molar-refractivity contribution in [3.63, 3.8) is 0 Å². The van der Waals surface area contributed by atoms with Crippen LogP contribution in [-0.2, 0) is 9.59 Å². The highest BCUT2D eigenvalue weighted by Crippen LogP contribution is 2.60. The third kappa shape index (κ3) is 4.33. The molecule has 2 aromatic carbocycles. The van der Waals surface area contributed by atoms with Gasteiger partial charge in [-0.1, -0.05) is 11.6 Å². The second kappa shape index (κ2) is 7.75. The van der Waals surface area contributed by atoms with E-state index in [0.717, 1.165) is 6.07 Å². The van der Waals surface area contributed by atoms with Gasteiger partial charge in [0.2, 0.25) is 0 Å². The summed E-state index contributed by atoms with van der Waals surface area (Å²) in [6.07, 6.45) is 1.89. The fourth-order valence-corrected chi connectivity index (χ4v) is 4.23. The largest absolute Gasteiger partial charge is 0.484 e. The molecule has 2 amide bonds. The van der Waals surface area contributed by atoms with E-state index in [4.69, 9.17) is 21.1 Å². The smallest absolute Gasteiger partial charge is 0.258 e. The Morgan fingerprint density at radius 1 is 0.867 bits per heavy atom. The minimum absolute atomic E-state index is 0.0175. The molecule has 0 unspecified atom stereocenters. The van der Waals surface area contributed by atoms with Crippen molar-refractivity contribution in [2.75, 3.05) is 13.2 Å². The van der Waals surface area contributed by atoms with Crippen LogP contribution in [0.2, 0.25) is 5.02 Å². The number of hydrogen-bond acceptors (Lipinski definition) is 4. The number of halogens is 3. The van der Waals surface area contributed by atoms with Crippen LogP contribution in [0.4, 0.5) is 8.78 Å². The molecule has 3 aliphatic rings.